The van der Waals surface area contributed by atoms with Gasteiger partial charge in [-0.05, 0) is 49.1 Å². The van der Waals surface area contributed by atoms with Crippen molar-refractivity contribution in [2.45, 2.75) is 33.1 Å². The lowest BCUT2D eigenvalue weighted by molar-refractivity contribution is -0.123. The van der Waals surface area contributed by atoms with Crippen LogP contribution in [0.2, 0.25) is 0 Å². The SMILES string of the molecule is CCC(C)c1ccc(OCC(=O)NNC(=O)c2cccc(C)c2)cc1. The molecule has 2 amide bonds. The molecule has 1 unspecified atom stereocenters. The molecule has 2 rings (SSSR count). The summed E-state index contributed by atoms with van der Waals surface area (Å²) < 4.78 is 5.43. The second-order valence-electron chi connectivity index (χ2n) is 6.04. The molecule has 0 spiro atoms. The number of amides is 2. The highest BCUT2D eigenvalue weighted by Crippen LogP contribution is 2.21. The Balaban J connectivity index is 1.78. The monoisotopic (exact) mass is 340 g/mol. The number of rotatable bonds is 6. The van der Waals surface area contributed by atoms with Gasteiger partial charge in [-0.3, -0.25) is 20.4 Å². The van der Waals surface area contributed by atoms with Crippen LogP contribution < -0.4 is 15.6 Å². The molecule has 5 heteroatoms. The van der Waals surface area contributed by atoms with E-state index in [1.54, 1.807) is 18.2 Å². The fraction of sp³-hybridized carbons (Fsp3) is 0.300. The van der Waals surface area contributed by atoms with Crippen molar-refractivity contribution in [3.63, 3.8) is 0 Å². The Bertz CT molecular complexity index is 726. The fourth-order valence-electron chi connectivity index (χ4n) is 2.30. The Hall–Kier alpha value is -2.82. The van der Waals surface area contributed by atoms with Crippen LogP contribution in [-0.2, 0) is 4.79 Å². The van der Waals surface area contributed by atoms with Crippen LogP contribution in [0.25, 0.3) is 0 Å². The molecule has 132 valence electrons. The first-order chi connectivity index (χ1) is 12.0. The molecule has 0 aliphatic rings. The zero-order valence-electron chi connectivity index (χ0n) is 14.8. The van der Waals surface area contributed by atoms with Crippen molar-refractivity contribution in [1.82, 2.24) is 10.9 Å². The Morgan fingerprint density at radius 2 is 1.80 bits per heavy atom. The van der Waals surface area contributed by atoms with Gasteiger partial charge in [0, 0.05) is 5.56 Å². The Labute approximate surface area is 148 Å². The van der Waals surface area contributed by atoms with Gasteiger partial charge < -0.3 is 4.74 Å². The molecule has 0 radical (unpaired) electrons. The second kappa shape index (κ2) is 8.87. The van der Waals surface area contributed by atoms with Gasteiger partial charge in [-0.15, -0.1) is 0 Å². The maximum atomic E-state index is 11.9. The van der Waals surface area contributed by atoms with E-state index in [0.29, 0.717) is 17.2 Å². The van der Waals surface area contributed by atoms with Crippen LogP contribution in [0.5, 0.6) is 5.75 Å². The van der Waals surface area contributed by atoms with Gasteiger partial charge in [-0.25, -0.2) is 0 Å². The highest BCUT2D eigenvalue weighted by molar-refractivity contribution is 5.95. The van der Waals surface area contributed by atoms with Gasteiger partial charge in [0.25, 0.3) is 11.8 Å². The number of aryl methyl sites for hydroxylation is 1. The number of hydrogen-bond acceptors (Lipinski definition) is 3. The molecule has 2 aromatic carbocycles. The summed E-state index contributed by atoms with van der Waals surface area (Å²) in [6.45, 7) is 6.04. The first-order valence-corrected chi connectivity index (χ1v) is 8.38. The molecule has 0 aliphatic carbocycles. The largest absolute Gasteiger partial charge is 0.484 e. The van der Waals surface area contributed by atoms with E-state index in [1.807, 2.05) is 37.3 Å². The van der Waals surface area contributed by atoms with Crippen molar-refractivity contribution in [2.75, 3.05) is 6.61 Å². The van der Waals surface area contributed by atoms with E-state index < -0.39 is 5.91 Å². The smallest absolute Gasteiger partial charge is 0.276 e. The number of hydrazine groups is 1. The maximum Gasteiger partial charge on any atom is 0.276 e. The third kappa shape index (κ3) is 5.64. The number of ether oxygens (including phenoxy) is 1. The lowest BCUT2D eigenvalue weighted by Gasteiger charge is -2.11. The predicted molar refractivity (Wildman–Crippen MR) is 97.4 cm³/mol. The highest BCUT2D eigenvalue weighted by atomic mass is 16.5. The summed E-state index contributed by atoms with van der Waals surface area (Å²) in [7, 11) is 0. The molecule has 0 bridgehead atoms. The van der Waals surface area contributed by atoms with Gasteiger partial charge in [0.15, 0.2) is 6.61 Å². The normalized spacial score (nSPS) is 11.5. The van der Waals surface area contributed by atoms with Crippen LogP contribution in [0, 0.1) is 6.92 Å². The van der Waals surface area contributed by atoms with Gasteiger partial charge in [0.1, 0.15) is 5.75 Å². The molecule has 0 heterocycles. The van der Waals surface area contributed by atoms with E-state index in [0.717, 1.165) is 12.0 Å². The average Bonchev–Trinajstić information content (AvgIpc) is 2.64. The summed E-state index contributed by atoms with van der Waals surface area (Å²) in [5, 5.41) is 0. The molecule has 0 fully saturated rings. The second-order valence-corrected chi connectivity index (χ2v) is 6.04. The summed E-state index contributed by atoms with van der Waals surface area (Å²) >= 11 is 0. The lowest BCUT2D eigenvalue weighted by Crippen LogP contribution is -2.43. The van der Waals surface area contributed by atoms with E-state index in [4.69, 9.17) is 4.74 Å². The van der Waals surface area contributed by atoms with Crippen molar-refractivity contribution in [3.05, 3.63) is 65.2 Å². The van der Waals surface area contributed by atoms with Crippen molar-refractivity contribution >= 4 is 11.8 Å². The molecule has 0 aromatic heterocycles. The zero-order chi connectivity index (χ0) is 18.2. The standard InChI is InChI=1S/C20H24N2O3/c1-4-15(3)16-8-10-18(11-9-16)25-13-19(23)21-22-20(24)17-7-5-6-14(2)12-17/h5-12,15H,4,13H2,1-3H3,(H,21,23)(H,22,24). The molecule has 0 aliphatic heterocycles. The van der Waals surface area contributed by atoms with Gasteiger partial charge in [-0.2, -0.15) is 0 Å². The molecular formula is C20H24N2O3. The molecular weight excluding hydrogens is 316 g/mol. The molecule has 1 atom stereocenters. The van der Waals surface area contributed by atoms with Crippen LogP contribution in [-0.4, -0.2) is 18.4 Å². The van der Waals surface area contributed by atoms with Gasteiger partial charge >= 0.3 is 0 Å². The quantitative estimate of drug-likeness (QED) is 0.793. The first-order valence-electron chi connectivity index (χ1n) is 8.38. The minimum Gasteiger partial charge on any atom is -0.484 e. The van der Waals surface area contributed by atoms with Crippen LogP contribution in [0.1, 0.15) is 47.7 Å². The van der Waals surface area contributed by atoms with E-state index in [2.05, 4.69) is 24.7 Å². The van der Waals surface area contributed by atoms with Gasteiger partial charge in [-0.1, -0.05) is 43.7 Å². The van der Waals surface area contributed by atoms with Gasteiger partial charge in [0.2, 0.25) is 0 Å². The topological polar surface area (TPSA) is 67.4 Å². The van der Waals surface area contributed by atoms with Crippen molar-refractivity contribution < 1.29 is 14.3 Å². The summed E-state index contributed by atoms with van der Waals surface area (Å²) in [5.74, 6) is 0.323. The number of carbonyl (C=O) groups excluding carboxylic acids is 2. The zero-order valence-corrected chi connectivity index (χ0v) is 14.8. The number of benzene rings is 2. The van der Waals surface area contributed by atoms with E-state index >= 15 is 0 Å². The third-order valence-electron chi connectivity index (χ3n) is 4.03. The van der Waals surface area contributed by atoms with Crippen LogP contribution in [0.3, 0.4) is 0 Å². The Morgan fingerprint density at radius 3 is 2.44 bits per heavy atom. The van der Waals surface area contributed by atoms with E-state index in [9.17, 15) is 9.59 Å². The minimum atomic E-state index is -0.424. The number of carbonyl (C=O) groups is 2. The van der Waals surface area contributed by atoms with Crippen LogP contribution >= 0.6 is 0 Å². The summed E-state index contributed by atoms with van der Waals surface area (Å²) in [4.78, 5) is 23.7. The molecule has 2 N–H and O–H groups in total. The Kier molecular flexibility index (Phi) is 6.57. The van der Waals surface area contributed by atoms with Crippen LogP contribution in [0.15, 0.2) is 48.5 Å². The molecule has 2 aromatic rings. The first kappa shape index (κ1) is 18.5. The number of nitrogens with one attached hydrogen (secondary N) is 2. The van der Waals surface area contributed by atoms with Crippen molar-refractivity contribution in [3.8, 4) is 5.75 Å². The number of hydrogen-bond donors (Lipinski definition) is 2. The maximum absolute atomic E-state index is 11.9. The van der Waals surface area contributed by atoms with Crippen LogP contribution in [0.4, 0.5) is 0 Å². The third-order valence-corrected chi connectivity index (χ3v) is 4.03. The Morgan fingerprint density at radius 1 is 1.08 bits per heavy atom. The summed E-state index contributed by atoms with van der Waals surface area (Å²) in [6.07, 6.45) is 1.07. The molecule has 0 saturated carbocycles. The van der Waals surface area contributed by atoms with Gasteiger partial charge in [0.05, 0.1) is 0 Å². The predicted octanol–water partition coefficient (Wildman–Crippen LogP) is 3.35. The van der Waals surface area contributed by atoms with E-state index in [1.165, 1.54) is 5.56 Å². The molecule has 0 saturated heterocycles. The summed E-state index contributed by atoms with van der Waals surface area (Å²) in [5.41, 5.74) is 7.42. The molecule has 25 heavy (non-hydrogen) atoms. The fourth-order valence-corrected chi connectivity index (χ4v) is 2.30. The highest BCUT2D eigenvalue weighted by Gasteiger charge is 2.08. The van der Waals surface area contributed by atoms with Crippen molar-refractivity contribution in [2.24, 2.45) is 0 Å². The summed E-state index contributed by atoms with van der Waals surface area (Å²) in [6, 6.07) is 14.8. The van der Waals surface area contributed by atoms with E-state index in [-0.39, 0.29) is 12.5 Å². The molecule has 5 nitrogen and oxygen atoms in total. The lowest BCUT2D eigenvalue weighted by atomic mass is 9.99. The minimum absolute atomic E-state index is 0.170. The average molecular weight is 340 g/mol. The van der Waals surface area contributed by atoms with Crippen molar-refractivity contribution in [1.29, 1.82) is 0 Å².